The van der Waals surface area contributed by atoms with Crippen molar-refractivity contribution >= 4 is 11.9 Å². The summed E-state index contributed by atoms with van der Waals surface area (Å²) in [5.41, 5.74) is 1.81. The van der Waals surface area contributed by atoms with E-state index >= 15 is 0 Å². The van der Waals surface area contributed by atoms with Gasteiger partial charge in [0.25, 0.3) is 0 Å². The van der Waals surface area contributed by atoms with Crippen LogP contribution in [0.1, 0.15) is 103 Å². The predicted molar refractivity (Wildman–Crippen MR) is 136 cm³/mol. The molecule has 0 aliphatic heterocycles. The Bertz CT molecular complexity index is 1010. The van der Waals surface area contributed by atoms with E-state index in [1.54, 1.807) is 36.4 Å². The molecule has 4 fully saturated rings. The average Bonchev–Trinajstić information content (AvgIpc) is 2.81. The lowest BCUT2D eigenvalue weighted by Crippen LogP contribution is -2.49. The zero-order valence-corrected chi connectivity index (χ0v) is 20.7. The van der Waals surface area contributed by atoms with Gasteiger partial charge < -0.3 is 15.3 Å². The number of para-hydroxylation sites is 1. The van der Waals surface area contributed by atoms with Gasteiger partial charge in [-0.2, -0.15) is 0 Å². The van der Waals surface area contributed by atoms with Crippen molar-refractivity contribution in [3.05, 3.63) is 64.7 Å². The molecule has 4 aliphatic rings. The Morgan fingerprint density at radius 2 is 1.43 bits per heavy atom. The number of unbranched alkanes of at least 4 members (excludes halogenated alkanes) is 3. The van der Waals surface area contributed by atoms with Gasteiger partial charge in [0.15, 0.2) is 0 Å². The summed E-state index contributed by atoms with van der Waals surface area (Å²) in [6, 6.07) is 12.2. The highest BCUT2D eigenvalue weighted by molar-refractivity contribution is 5.98. The van der Waals surface area contributed by atoms with E-state index in [9.17, 15) is 19.8 Å². The molecular weight excluding hydrogens is 440 g/mol. The number of aryl methyl sites for hydroxylation is 1. The molecule has 4 aliphatic carbocycles. The van der Waals surface area contributed by atoms with Crippen LogP contribution in [0.2, 0.25) is 0 Å². The molecule has 0 heterocycles. The molecule has 0 atom stereocenters. The third-order valence-corrected chi connectivity index (χ3v) is 8.36. The maximum atomic E-state index is 12.4. The first kappa shape index (κ1) is 25.3. The summed E-state index contributed by atoms with van der Waals surface area (Å²) in [6.45, 7) is 2.16. The van der Waals surface area contributed by atoms with Crippen LogP contribution < -0.4 is 0 Å². The van der Waals surface area contributed by atoms with Crippen LogP contribution in [0.15, 0.2) is 42.5 Å². The Balaban J connectivity index is 0.000000356. The quantitative estimate of drug-likeness (QED) is 0.353. The first-order valence-corrected chi connectivity index (χ1v) is 13.2. The average molecular weight is 479 g/mol. The topological polar surface area (TPSA) is 94.8 Å². The zero-order valence-electron chi connectivity index (χ0n) is 20.7. The highest BCUT2D eigenvalue weighted by atomic mass is 16.4. The highest BCUT2D eigenvalue weighted by Gasteiger charge is 2.53. The van der Waals surface area contributed by atoms with E-state index in [4.69, 9.17) is 5.11 Å². The van der Waals surface area contributed by atoms with Gasteiger partial charge in [0.05, 0.1) is 11.1 Å². The van der Waals surface area contributed by atoms with Crippen molar-refractivity contribution in [1.29, 1.82) is 0 Å². The number of benzene rings is 2. The number of phenols is 1. The highest BCUT2D eigenvalue weighted by Crippen LogP contribution is 2.61. The molecule has 0 amide bonds. The maximum absolute atomic E-state index is 12.4. The van der Waals surface area contributed by atoms with Crippen LogP contribution >= 0.6 is 0 Å². The minimum atomic E-state index is -0.981. The van der Waals surface area contributed by atoms with E-state index in [1.807, 2.05) is 6.07 Å². The van der Waals surface area contributed by atoms with Gasteiger partial charge in [-0.25, -0.2) is 9.59 Å². The number of carboxylic acids is 2. The number of rotatable bonds is 8. The monoisotopic (exact) mass is 478 g/mol. The van der Waals surface area contributed by atoms with Crippen molar-refractivity contribution in [3.8, 4) is 5.75 Å². The number of hydrogen-bond acceptors (Lipinski definition) is 3. The SMILES string of the molecule is CCCCCCc1ccc(C(=O)O)c(C23CC4CC(CC(C4)C2)C3)c1C(=O)O.Oc1ccccc1. The molecule has 2 aromatic carbocycles. The summed E-state index contributed by atoms with van der Waals surface area (Å²) < 4.78 is 0. The van der Waals surface area contributed by atoms with Crippen molar-refractivity contribution in [2.24, 2.45) is 17.8 Å². The summed E-state index contributed by atoms with van der Waals surface area (Å²) >= 11 is 0. The summed E-state index contributed by atoms with van der Waals surface area (Å²) in [7, 11) is 0. The molecule has 0 spiro atoms. The molecule has 6 rings (SSSR count). The molecule has 0 radical (unpaired) electrons. The molecule has 5 heteroatoms. The Hall–Kier alpha value is -2.82. The van der Waals surface area contributed by atoms with E-state index < -0.39 is 11.9 Å². The fraction of sp³-hybridized carbons (Fsp3) is 0.533. The third kappa shape index (κ3) is 5.55. The van der Waals surface area contributed by atoms with Crippen LogP contribution in [0, 0.1) is 17.8 Å². The molecule has 35 heavy (non-hydrogen) atoms. The molecule has 0 aromatic heterocycles. The van der Waals surface area contributed by atoms with Crippen molar-refractivity contribution in [3.63, 3.8) is 0 Å². The van der Waals surface area contributed by atoms with Crippen molar-refractivity contribution in [2.75, 3.05) is 0 Å². The lowest BCUT2D eigenvalue weighted by Gasteiger charge is -2.57. The molecule has 0 unspecified atom stereocenters. The molecule has 3 N–H and O–H groups in total. The van der Waals surface area contributed by atoms with Gasteiger partial charge in [0, 0.05) is 0 Å². The minimum Gasteiger partial charge on any atom is -0.508 e. The van der Waals surface area contributed by atoms with Gasteiger partial charge in [0.1, 0.15) is 5.75 Å². The minimum absolute atomic E-state index is 0.233. The summed E-state index contributed by atoms with van der Waals surface area (Å²) in [6.07, 6.45) is 11.7. The standard InChI is InChI=1S/C24H32O4.C6H6O/c1-2-3-4-5-6-18-7-8-19(22(25)26)21(20(18)23(27)28)24-12-15-9-16(13-24)11-17(10-15)14-24;7-6-4-2-1-3-5-6/h7-8,15-17H,2-6,9-14H2,1H3,(H,25,26)(H,27,28);1-5,7H. The van der Waals surface area contributed by atoms with Crippen LogP contribution in [0.3, 0.4) is 0 Å². The molecule has 0 saturated heterocycles. The van der Waals surface area contributed by atoms with Gasteiger partial charge in [-0.1, -0.05) is 50.5 Å². The van der Waals surface area contributed by atoms with Gasteiger partial charge in [-0.05, 0) is 104 Å². The van der Waals surface area contributed by atoms with Crippen LogP contribution in [0.4, 0.5) is 0 Å². The molecule has 5 nitrogen and oxygen atoms in total. The fourth-order valence-corrected chi connectivity index (χ4v) is 7.41. The number of hydrogen-bond donors (Lipinski definition) is 3. The Morgan fingerprint density at radius 3 is 1.89 bits per heavy atom. The van der Waals surface area contributed by atoms with Gasteiger partial charge in [-0.3, -0.25) is 0 Å². The van der Waals surface area contributed by atoms with Gasteiger partial charge in [0.2, 0.25) is 0 Å². The second-order valence-corrected chi connectivity index (χ2v) is 11.0. The van der Waals surface area contributed by atoms with Crippen LogP contribution in [-0.2, 0) is 11.8 Å². The first-order chi connectivity index (χ1) is 16.8. The van der Waals surface area contributed by atoms with Crippen LogP contribution in [-0.4, -0.2) is 27.3 Å². The summed E-state index contributed by atoms with van der Waals surface area (Å²) in [5.74, 6) is 0.320. The third-order valence-electron chi connectivity index (χ3n) is 8.36. The van der Waals surface area contributed by atoms with E-state index in [0.717, 1.165) is 56.9 Å². The Labute approximate surface area is 208 Å². The predicted octanol–water partition coefficient (Wildman–Crippen LogP) is 7.07. The lowest BCUT2D eigenvalue weighted by molar-refractivity contribution is -0.00649. The molecule has 188 valence electrons. The van der Waals surface area contributed by atoms with Crippen molar-refractivity contribution < 1.29 is 24.9 Å². The Kier molecular flexibility index (Phi) is 7.83. The van der Waals surface area contributed by atoms with E-state index in [0.29, 0.717) is 34.6 Å². The van der Waals surface area contributed by atoms with Crippen LogP contribution in [0.25, 0.3) is 0 Å². The van der Waals surface area contributed by atoms with E-state index in [1.165, 1.54) is 19.3 Å². The number of carboxylic acid groups (broad SMARTS) is 2. The largest absolute Gasteiger partial charge is 0.508 e. The second-order valence-electron chi connectivity index (χ2n) is 11.0. The maximum Gasteiger partial charge on any atom is 0.336 e. The normalized spacial score (nSPS) is 26.1. The summed E-state index contributed by atoms with van der Waals surface area (Å²) in [4.78, 5) is 24.5. The summed E-state index contributed by atoms with van der Waals surface area (Å²) in [5, 5.41) is 28.7. The number of aromatic carboxylic acids is 2. The van der Waals surface area contributed by atoms with E-state index in [-0.39, 0.29) is 11.0 Å². The second kappa shape index (κ2) is 10.8. The number of phenolic OH excluding ortho intramolecular Hbond substituents is 1. The number of carbonyl (C=O) groups is 2. The molecule has 4 bridgehead atoms. The van der Waals surface area contributed by atoms with Crippen molar-refractivity contribution in [2.45, 2.75) is 83.0 Å². The molecular formula is C30H38O5. The van der Waals surface area contributed by atoms with Gasteiger partial charge >= 0.3 is 11.9 Å². The van der Waals surface area contributed by atoms with Crippen LogP contribution in [0.5, 0.6) is 5.75 Å². The molecule has 4 saturated carbocycles. The first-order valence-electron chi connectivity index (χ1n) is 13.2. The van der Waals surface area contributed by atoms with Crippen molar-refractivity contribution in [1.82, 2.24) is 0 Å². The number of aromatic hydroxyl groups is 1. The van der Waals surface area contributed by atoms with E-state index in [2.05, 4.69) is 6.92 Å². The zero-order chi connectivity index (χ0) is 25.0. The lowest BCUT2D eigenvalue weighted by atomic mass is 9.47. The van der Waals surface area contributed by atoms with Gasteiger partial charge in [-0.15, -0.1) is 0 Å². The Morgan fingerprint density at radius 1 is 0.829 bits per heavy atom. The smallest absolute Gasteiger partial charge is 0.336 e. The molecule has 2 aromatic rings. The fourth-order valence-electron chi connectivity index (χ4n) is 7.41.